The number of fused-ring (bicyclic) bond motifs is 2. The van der Waals surface area contributed by atoms with Crippen LogP contribution in [-0.2, 0) is 4.79 Å². The third-order valence-electron chi connectivity index (χ3n) is 5.34. The van der Waals surface area contributed by atoms with Crippen molar-refractivity contribution in [3.63, 3.8) is 0 Å². The van der Waals surface area contributed by atoms with Crippen LogP contribution in [0, 0.1) is 0 Å². The second-order valence-electron chi connectivity index (χ2n) is 6.99. The number of rotatable bonds is 3. The number of nitrogens with one attached hydrogen (secondary N) is 1. The molecule has 2 fully saturated rings. The minimum atomic E-state index is -0.112. The van der Waals surface area contributed by atoms with Crippen LogP contribution in [-0.4, -0.2) is 38.3 Å². The zero-order chi connectivity index (χ0) is 17.4. The van der Waals surface area contributed by atoms with Crippen molar-refractivity contribution in [3.05, 3.63) is 48.5 Å². The molecule has 2 aromatic rings. The fraction of sp³-hybridized carbons (Fsp3) is 0.421. The number of piperidine rings is 1. The van der Waals surface area contributed by atoms with Crippen LogP contribution in [0.1, 0.15) is 49.0 Å². The lowest BCUT2D eigenvalue weighted by molar-refractivity contribution is -0.114. The van der Waals surface area contributed by atoms with E-state index in [-0.39, 0.29) is 11.8 Å². The number of benzene rings is 1. The molecule has 6 nitrogen and oxygen atoms in total. The monoisotopic (exact) mass is 338 g/mol. The summed E-state index contributed by atoms with van der Waals surface area (Å²) < 4.78 is 2.18. The van der Waals surface area contributed by atoms with Gasteiger partial charge in [-0.15, -0.1) is 0 Å². The van der Waals surface area contributed by atoms with Crippen LogP contribution < -0.4 is 5.32 Å². The second kappa shape index (κ2) is 6.35. The number of imidazole rings is 1. The molecule has 0 spiro atoms. The Morgan fingerprint density at radius 3 is 2.32 bits per heavy atom. The summed E-state index contributed by atoms with van der Waals surface area (Å²) in [6.45, 7) is 1.47. The maximum atomic E-state index is 13.0. The Balaban J connectivity index is 1.49. The fourth-order valence-corrected chi connectivity index (χ4v) is 4.26. The smallest absolute Gasteiger partial charge is 0.254 e. The molecule has 2 aliphatic heterocycles. The van der Waals surface area contributed by atoms with Gasteiger partial charge < -0.3 is 14.8 Å². The molecule has 2 amide bonds. The lowest BCUT2D eigenvalue weighted by atomic mass is 9.96. The molecule has 6 heteroatoms. The summed E-state index contributed by atoms with van der Waals surface area (Å²) in [5, 5.41) is 2.73. The molecule has 0 radical (unpaired) electrons. The van der Waals surface area contributed by atoms with Gasteiger partial charge in [-0.2, -0.15) is 0 Å². The van der Waals surface area contributed by atoms with Gasteiger partial charge in [0.15, 0.2) is 0 Å². The third-order valence-corrected chi connectivity index (χ3v) is 5.34. The molecule has 1 N–H and O–H groups in total. The zero-order valence-corrected chi connectivity index (χ0v) is 14.3. The van der Waals surface area contributed by atoms with Crippen LogP contribution in [0.15, 0.2) is 43.0 Å². The van der Waals surface area contributed by atoms with Crippen molar-refractivity contribution >= 4 is 17.5 Å². The minimum absolute atomic E-state index is 0.103. The lowest BCUT2D eigenvalue weighted by Crippen LogP contribution is -2.46. The van der Waals surface area contributed by atoms with Gasteiger partial charge in [-0.1, -0.05) is 0 Å². The van der Waals surface area contributed by atoms with Gasteiger partial charge in [0.05, 0.1) is 6.33 Å². The van der Waals surface area contributed by atoms with E-state index in [2.05, 4.69) is 19.8 Å². The number of aromatic nitrogens is 2. The predicted octanol–water partition coefficient (Wildman–Crippen LogP) is 2.85. The van der Waals surface area contributed by atoms with Crippen LogP contribution >= 0.6 is 0 Å². The first-order valence-corrected chi connectivity index (χ1v) is 8.79. The van der Waals surface area contributed by atoms with Crippen LogP contribution in [0.2, 0.25) is 0 Å². The highest BCUT2D eigenvalue weighted by Gasteiger charge is 2.43. The number of carbonyl (C=O) groups is 2. The van der Waals surface area contributed by atoms with E-state index in [0.717, 1.165) is 25.7 Å². The van der Waals surface area contributed by atoms with Gasteiger partial charge >= 0.3 is 0 Å². The topological polar surface area (TPSA) is 67.2 Å². The summed E-state index contributed by atoms with van der Waals surface area (Å²) in [7, 11) is 0. The van der Waals surface area contributed by atoms with Gasteiger partial charge in [0.1, 0.15) is 0 Å². The average Bonchev–Trinajstić information content (AvgIpc) is 3.21. The van der Waals surface area contributed by atoms with Gasteiger partial charge in [0, 0.05) is 48.7 Å². The minimum Gasteiger partial charge on any atom is -0.334 e. The van der Waals surface area contributed by atoms with Crippen LogP contribution in [0.3, 0.4) is 0 Å². The molecule has 0 aliphatic carbocycles. The number of carbonyl (C=O) groups excluding carboxylic acids is 2. The predicted molar refractivity (Wildman–Crippen MR) is 94.2 cm³/mol. The highest BCUT2D eigenvalue weighted by molar-refractivity contribution is 5.96. The molecule has 3 heterocycles. The number of hydrogen-bond acceptors (Lipinski definition) is 3. The molecule has 2 unspecified atom stereocenters. The van der Waals surface area contributed by atoms with E-state index in [1.807, 2.05) is 18.7 Å². The quantitative estimate of drug-likeness (QED) is 0.936. The van der Waals surface area contributed by atoms with E-state index < -0.39 is 0 Å². The van der Waals surface area contributed by atoms with E-state index in [0.29, 0.717) is 29.4 Å². The Bertz CT molecular complexity index is 755. The number of anilines is 1. The molecule has 130 valence electrons. The highest BCUT2D eigenvalue weighted by Crippen LogP contribution is 2.41. The molecule has 1 aromatic heterocycles. The normalized spacial score (nSPS) is 25.0. The maximum Gasteiger partial charge on any atom is 0.254 e. The molecule has 2 atom stereocenters. The Labute approximate surface area is 146 Å². The second-order valence-corrected chi connectivity index (χ2v) is 6.99. The third kappa shape index (κ3) is 3.04. The molecule has 4 rings (SSSR count). The van der Waals surface area contributed by atoms with E-state index in [9.17, 15) is 9.59 Å². The first-order valence-electron chi connectivity index (χ1n) is 8.79. The summed E-state index contributed by atoms with van der Waals surface area (Å²) in [6, 6.07) is 8.21. The molecule has 2 bridgehead atoms. The number of amides is 2. The van der Waals surface area contributed by atoms with Gasteiger partial charge in [0.2, 0.25) is 5.91 Å². The van der Waals surface area contributed by atoms with Gasteiger partial charge in [-0.25, -0.2) is 4.98 Å². The molecule has 2 saturated heterocycles. The maximum absolute atomic E-state index is 13.0. The van der Waals surface area contributed by atoms with Crippen molar-refractivity contribution in [2.24, 2.45) is 0 Å². The van der Waals surface area contributed by atoms with Crippen molar-refractivity contribution in [1.82, 2.24) is 14.5 Å². The van der Waals surface area contributed by atoms with Gasteiger partial charge in [-0.3, -0.25) is 9.59 Å². The summed E-state index contributed by atoms with van der Waals surface area (Å²) in [5.74, 6) is -0.00958. The van der Waals surface area contributed by atoms with E-state index in [1.54, 1.807) is 24.3 Å². The highest BCUT2D eigenvalue weighted by atomic mass is 16.2. The fourth-order valence-electron chi connectivity index (χ4n) is 4.26. The first kappa shape index (κ1) is 15.9. The van der Waals surface area contributed by atoms with E-state index in [1.165, 1.54) is 6.92 Å². The molecular weight excluding hydrogens is 316 g/mol. The van der Waals surface area contributed by atoms with Crippen LogP contribution in [0.5, 0.6) is 0 Å². The van der Waals surface area contributed by atoms with Crippen molar-refractivity contribution in [1.29, 1.82) is 0 Å². The SMILES string of the molecule is CC(=O)Nc1ccc(C(=O)N2C3CCC2CC(n2ccnc2)C3)cc1. The molecule has 2 aliphatic rings. The van der Waals surface area contributed by atoms with Crippen molar-refractivity contribution in [3.8, 4) is 0 Å². The molecule has 25 heavy (non-hydrogen) atoms. The largest absolute Gasteiger partial charge is 0.334 e. The summed E-state index contributed by atoms with van der Waals surface area (Å²) in [5.41, 5.74) is 1.40. The van der Waals surface area contributed by atoms with Gasteiger partial charge in [0.25, 0.3) is 5.91 Å². The molecular formula is C19H22N4O2. The van der Waals surface area contributed by atoms with Crippen molar-refractivity contribution in [2.45, 2.75) is 50.7 Å². The summed E-state index contributed by atoms with van der Waals surface area (Å²) in [6.07, 6.45) is 9.84. The Hall–Kier alpha value is -2.63. The van der Waals surface area contributed by atoms with Gasteiger partial charge in [-0.05, 0) is 49.9 Å². The Morgan fingerprint density at radius 1 is 1.08 bits per heavy atom. The Kier molecular flexibility index (Phi) is 4.03. The first-order chi connectivity index (χ1) is 12.1. The van der Waals surface area contributed by atoms with Crippen molar-refractivity contribution < 1.29 is 9.59 Å². The van der Waals surface area contributed by atoms with E-state index >= 15 is 0 Å². The van der Waals surface area contributed by atoms with Crippen LogP contribution in [0.4, 0.5) is 5.69 Å². The summed E-state index contributed by atoms with van der Waals surface area (Å²) >= 11 is 0. The standard InChI is InChI=1S/C19H22N4O2/c1-13(24)21-15-4-2-14(3-5-15)19(25)23-16-6-7-17(23)11-18(10-16)22-9-8-20-12-22/h2-5,8-9,12,16-18H,6-7,10-11H2,1H3,(H,21,24). The number of nitrogens with zero attached hydrogens (tertiary/aromatic N) is 3. The lowest BCUT2D eigenvalue weighted by Gasteiger charge is -2.39. The zero-order valence-electron chi connectivity index (χ0n) is 14.3. The van der Waals surface area contributed by atoms with Crippen molar-refractivity contribution in [2.75, 3.05) is 5.32 Å². The number of hydrogen-bond donors (Lipinski definition) is 1. The van der Waals surface area contributed by atoms with E-state index in [4.69, 9.17) is 0 Å². The molecule has 0 saturated carbocycles. The average molecular weight is 338 g/mol. The van der Waals surface area contributed by atoms with Crippen LogP contribution in [0.25, 0.3) is 0 Å². The Morgan fingerprint density at radius 2 is 1.76 bits per heavy atom. The molecule has 1 aromatic carbocycles. The summed E-state index contributed by atoms with van der Waals surface area (Å²) in [4.78, 5) is 30.4.